The third kappa shape index (κ3) is 2.39. The summed E-state index contributed by atoms with van der Waals surface area (Å²) in [5.41, 5.74) is -0.155. The van der Waals surface area contributed by atoms with Crippen LogP contribution in [0.25, 0.3) is 0 Å². The molecule has 0 saturated heterocycles. The molecule has 0 aromatic carbocycles. The number of rotatable bonds is 3. The van der Waals surface area contributed by atoms with Gasteiger partial charge in [0.1, 0.15) is 5.71 Å². The molecule has 0 saturated carbocycles. The van der Waals surface area contributed by atoms with Gasteiger partial charge < -0.3 is 4.84 Å². The Bertz CT molecular complexity index is 607. The lowest BCUT2D eigenvalue weighted by Crippen LogP contribution is -2.40. The number of amides is 1. The van der Waals surface area contributed by atoms with E-state index in [1.54, 1.807) is 29.8 Å². The van der Waals surface area contributed by atoms with Gasteiger partial charge in [0, 0.05) is 18.0 Å². The van der Waals surface area contributed by atoms with Crippen molar-refractivity contribution in [2.45, 2.75) is 18.9 Å². The van der Waals surface area contributed by atoms with E-state index in [1.165, 1.54) is 11.3 Å². The molecule has 3 rings (SSSR count). The number of carbonyl (C=O) groups is 1. The molecule has 1 aliphatic rings. The Morgan fingerprint density at radius 1 is 1.47 bits per heavy atom. The highest BCUT2D eigenvalue weighted by Gasteiger charge is 2.42. The second kappa shape index (κ2) is 4.75. The molecule has 98 valence electrons. The Kier molecular flexibility index (Phi) is 3.08. The van der Waals surface area contributed by atoms with Crippen LogP contribution in [0.5, 0.6) is 0 Å². The van der Waals surface area contributed by atoms with Crippen LogP contribution in [0.15, 0.2) is 34.2 Å². The minimum absolute atomic E-state index is 0.224. The predicted molar refractivity (Wildman–Crippen MR) is 75.7 cm³/mol. The number of thiazole rings is 1. The van der Waals surface area contributed by atoms with Crippen molar-refractivity contribution in [2.75, 3.05) is 5.32 Å². The molecule has 1 amide bonds. The fraction of sp³-hybridized carbons (Fsp3) is 0.250. The molecule has 1 unspecified atom stereocenters. The van der Waals surface area contributed by atoms with Gasteiger partial charge in [-0.1, -0.05) is 11.2 Å². The largest absolute Gasteiger partial charge is 0.379 e. The fourth-order valence-corrected chi connectivity index (χ4v) is 2.98. The fourth-order valence-electron chi connectivity index (χ4n) is 1.75. The van der Waals surface area contributed by atoms with Gasteiger partial charge in [-0.2, -0.15) is 0 Å². The van der Waals surface area contributed by atoms with E-state index >= 15 is 0 Å². The van der Waals surface area contributed by atoms with Crippen LogP contribution < -0.4 is 5.32 Å². The predicted octanol–water partition coefficient (Wildman–Crippen LogP) is 2.73. The summed E-state index contributed by atoms with van der Waals surface area (Å²) in [5.74, 6) is -0.224. The Labute approximate surface area is 117 Å². The number of aromatic nitrogens is 1. The Morgan fingerprint density at radius 2 is 2.37 bits per heavy atom. The monoisotopic (exact) mass is 293 g/mol. The highest BCUT2D eigenvalue weighted by molar-refractivity contribution is 7.13. The average Bonchev–Trinajstić information content (AvgIpc) is 3.08. The molecule has 1 atom stereocenters. The summed E-state index contributed by atoms with van der Waals surface area (Å²) in [6, 6.07) is 3.92. The van der Waals surface area contributed by atoms with E-state index in [4.69, 9.17) is 4.84 Å². The number of hydrogen-bond acceptors (Lipinski definition) is 6. The number of nitrogens with one attached hydrogen (secondary N) is 1. The molecule has 2 aromatic rings. The summed E-state index contributed by atoms with van der Waals surface area (Å²) in [6.07, 6.45) is 2.11. The third-order valence-electron chi connectivity index (χ3n) is 2.80. The van der Waals surface area contributed by atoms with Gasteiger partial charge in [-0.25, -0.2) is 4.98 Å². The molecule has 0 bridgehead atoms. The van der Waals surface area contributed by atoms with Crippen LogP contribution in [0.1, 0.15) is 18.2 Å². The zero-order chi connectivity index (χ0) is 13.3. The molecule has 1 N–H and O–H groups in total. The smallest absolute Gasteiger partial charge is 0.273 e. The standard InChI is InChI=1S/C12H11N3O2S2/c1-12(10(16)14-11-13-4-6-19-11)7-8(15-17-12)9-3-2-5-18-9/h2-6H,7H2,1H3,(H,13,14,16). The van der Waals surface area contributed by atoms with Gasteiger partial charge in [0.15, 0.2) is 5.13 Å². The van der Waals surface area contributed by atoms with Crippen LogP contribution in [-0.4, -0.2) is 22.2 Å². The minimum Gasteiger partial charge on any atom is -0.379 e. The van der Waals surface area contributed by atoms with E-state index < -0.39 is 5.60 Å². The molecular formula is C12H11N3O2S2. The second-order valence-electron chi connectivity index (χ2n) is 4.31. The van der Waals surface area contributed by atoms with Crippen LogP contribution in [0, 0.1) is 0 Å². The first kappa shape index (κ1) is 12.3. The number of hydrogen-bond donors (Lipinski definition) is 1. The lowest BCUT2D eigenvalue weighted by atomic mass is 9.98. The van der Waals surface area contributed by atoms with E-state index in [9.17, 15) is 4.79 Å². The van der Waals surface area contributed by atoms with Crippen LogP contribution in [-0.2, 0) is 9.63 Å². The molecule has 0 radical (unpaired) electrons. The van der Waals surface area contributed by atoms with Gasteiger partial charge in [0.2, 0.25) is 5.60 Å². The molecule has 0 aliphatic carbocycles. The SMILES string of the molecule is CC1(C(=O)Nc2nccs2)CC(c2cccs2)=NO1. The highest BCUT2D eigenvalue weighted by atomic mass is 32.1. The molecule has 0 fully saturated rings. The summed E-state index contributed by atoms with van der Waals surface area (Å²) in [5, 5.41) is 11.1. The third-order valence-corrected chi connectivity index (χ3v) is 4.41. The van der Waals surface area contributed by atoms with Gasteiger partial charge >= 0.3 is 0 Å². The number of nitrogens with zero attached hydrogens (tertiary/aromatic N) is 2. The molecular weight excluding hydrogens is 282 g/mol. The van der Waals surface area contributed by atoms with E-state index in [0.29, 0.717) is 11.6 Å². The Balaban J connectivity index is 1.71. The van der Waals surface area contributed by atoms with Crippen molar-refractivity contribution in [2.24, 2.45) is 5.16 Å². The Hall–Kier alpha value is -1.73. The van der Waals surface area contributed by atoms with Gasteiger partial charge in [-0.05, 0) is 18.4 Å². The van der Waals surface area contributed by atoms with Crippen molar-refractivity contribution in [1.29, 1.82) is 0 Å². The van der Waals surface area contributed by atoms with Crippen LogP contribution in [0.4, 0.5) is 5.13 Å². The topological polar surface area (TPSA) is 63.6 Å². The number of thiophene rings is 1. The maximum atomic E-state index is 12.2. The average molecular weight is 293 g/mol. The van der Waals surface area contributed by atoms with Crippen LogP contribution in [0.2, 0.25) is 0 Å². The van der Waals surface area contributed by atoms with Crippen molar-refractivity contribution in [3.8, 4) is 0 Å². The molecule has 5 nitrogen and oxygen atoms in total. The molecule has 2 aromatic heterocycles. The summed E-state index contributed by atoms with van der Waals surface area (Å²) in [6.45, 7) is 1.74. The van der Waals surface area contributed by atoms with Crippen molar-refractivity contribution < 1.29 is 9.63 Å². The first-order valence-corrected chi connectivity index (χ1v) is 7.43. The maximum absolute atomic E-state index is 12.2. The van der Waals surface area contributed by atoms with E-state index in [-0.39, 0.29) is 5.91 Å². The van der Waals surface area contributed by atoms with Crippen LogP contribution in [0.3, 0.4) is 0 Å². The summed E-state index contributed by atoms with van der Waals surface area (Å²) in [4.78, 5) is 22.6. The van der Waals surface area contributed by atoms with Crippen molar-refractivity contribution in [3.63, 3.8) is 0 Å². The first-order valence-electron chi connectivity index (χ1n) is 5.67. The van der Waals surface area contributed by atoms with Crippen LogP contribution >= 0.6 is 22.7 Å². The normalized spacial score (nSPS) is 21.8. The lowest BCUT2D eigenvalue weighted by molar-refractivity contribution is -0.135. The number of carbonyl (C=O) groups excluding carboxylic acids is 1. The van der Waals surface area contributed by atoms with E-state index in [2.05, 4.69) is 15.5 Å². The van der Waals surface area contributed by atoms with Gasteiger partial charge in [0.05, 0.1) is 4.88 Å². The zero-order valence-electron chi connectivity index (χ0n) is 10.1. The van der Waals surface area contributed by atoms with E-state index in [1.807, 2.05) is 17.5 Å². The van der Waals surface area contributed by atoms with Gasteiger partial charge in [0.25, 0.3) is 5.91 Å². The lowest BCUT2D eigenvalue weighted by Gasteiger charge is -2.19. The second-order valence-corrected chi connectivity index (χ2v) is 6.15. The van der Waals surface area contributed by atoms with Crippen molar-refractivity contribution in [1.82, 2.24) is 4.98 Å². The van der Waals surface area contributed by atoms with Crippen molar-refractivity contribution in [3.05, 3.63) is 34.0 Å². The van der Waals surface area contributed by atoms with Crippen molar-refractivity contribution >= 4 is 39.4 Å². The van der Waals surface area contributed by atoms with Gasteiger partial charge in [-0.3, -0.25) is 10.1 Å². The van der Waals surface area contributed by atoms with Gasteiger partial charge in [-0.15, -0.1) is 22.7 Å². The number of anilines is 1. The molecule has 3 heterocycles. The summed E-state index contributed by atoms with van der Waals surface area (Å²) in [7, 11) is 0. The van der Waals surface area contributed by atoms with E-state index in [0.717, 1.165) is 10.6 Å². The quantitative estimate of drug-likeness (QED) is 0.946. The first-order chi connectivity index (χ1) is 9.17. The minimum atomic E-state index is -0.967. The molecule has 19 heavy (non-hydrogen) atoms. The highest BCUT2D eigenvalue weighted by Crippen LogP contribution is 2.29. The summed E-state index contributed by atoms with van der Waals surface area (Å²) >= 11 is 2.96. The summed E-state index contributed by atoms with van der Waals surface area (Å²) < 4.78 is 0. The molecule has 7 heteroatoms. The zero-order valence-corrected chi connectivity index (χ0v) is 11.8. The molecule has 0 spiro atoms. The molecule has 1 aliphatic heterocycles. The maximum Gasteiger partial charge on any atom is 0.273 e. The number of oxime groups is 1. The Morgan fingerprint density at radius 3 is 3.05 bits per heavy atom.